The molecule has 1 atom stereocenters. The summed E-state index contributed by atoms with van der Waals surface area (Å²) in [5.41, 5.74) is -7.96. The van der Waals surface area contributed by atoms with Gasteiger partial charge >= 0.3 is 18.3 Å². The van der Waals surface area contributed by atoms with Gasteiger partial charge < -0.3 is 9.72 Å². The largest absolute Gasteiger partial charge is 0.460 e. The highest BCUT2D eigenvalue weighted by molar-refractivity contribution is 6.00. The summed E-state index contributed by atoms with van der Waals surface area (Å²) in [5.74, 6) is -3.95. The number of alkyl halides is 8. The van der Waals surface area contributed by atoms with Crippen LogP contribution in [0, 0.1) is 6.92 Å². The highest BCUT2D eigenvalue weighted by Gasteiger charge is 2.64. The maximum absolute atomic E-state index is 13.7. The van der Waals surface area contributed by atoms with Gasteiger partial charge in [-0.15, -0.1) is 0 Å². The molecule has 5 nitrogen and oxygen atoms in total. The van der Waals surface area contributed by atoms with Crippen LogP contribution in [0.3, 0.4) is 0 Å². The molecule has 2 heterocycles. The Bertz CT molecular complexity index is 921. The van der Waals surface area contributed by atoms with E-state index in [-0.39, 0.29) is 5.56 Å². The van der Waals surface area contributed by atoms with Crippen molar-refractivity contribution in [3.8, 4) is 0 Å². The van der Waals surface area contributed by atoms with Crippen LogP contribution < -0.4 is 0 Å². The van der Waals surface area contributed by atoms with Gasteiger partial charge in [0.15, 0.2) is 5.41 Å². The number of hydrogen-bond donors (Lipinski definition) is 1. The van der Waals surface area contributed by atoms with Gasteiger partial charge in [-0.3, -0.25) is 9.78 Å². The maximum Gasteiger partial charge on any atom is 0.456 e. The molecule has 0 saturated heterocycles. The van der Waals surface area contributed by atoms with Crippen molar-refractivity contribution >= 4 is 11.8 Å². The summed E-state index contributed by atoms with van der Waals surface area (Å²) in [6.45, 7) is -1.12. The molecule has 0 spiro atoms. The number of carbonyl (C=O) groups excluding carboxylic acids is 2. The minimum absolute atomic E-state index is 0.335. The van der Waals surface area contributed by atoms with E-state index in [1.54, 1.807) is 0 Å². The Kier molecular flexibility index (Phi) is 6.23. The van der Waals surface area contributed by atoms with Crippen LogP contribution in [0.1, 0.15) is 32.1 Å². The molecular weight excluding hydrogens is 432 g/mol. The molecule has 0 aliphatic heterocycles. The van der Waals surface area contributed by atoms with Gasteiger partial charge in [-0.2, -0.15) is 26.3 Å². The number of ether oxygens (including phenoxy) is 1. The van der Waals surface area contributed by atoms with E-state index in [9.17, 15) is 44.7 Å². The van der Waals surface area contributed by atoms with Crippen molar-refractivity contribution in [1.82, 2.24) is 9.97 Å². The number of aromatic nitrogens is 2. The first-order chi connectivity index (χ1) is 13.7. The first kappa shape index (κ1) is 23.3. The van der Waals surface area contributed by atoms with Crippen molar-refractivity contribution in [2.45, 2.75) is 31.1 Å². The highest BCUT2D eigenvalue weighted by atomic mass is 19.4. The second kappa shape index (κ2) is 8.03. The number of H-pyrrole nitrogens is 1. The normalized spacial score (nSPS) is 14.5. The predicted molar refractivity (Wildman–Crippen MR) is 84.2 cm³/mol. The number of aryl methyl sites for hydroxylation is 1. The maximum atomic E-state index is 13.7. The third kappa shape index (κ3) is 4.28. The summed E-state index contributed by atoms with van der Waals surface area (Å²) in [7, 11) is 0. The summed E-state index contributed by atoms with van der Waals surface area (Å²) in [5, 5.41) is 0. The molecule has 0 aromatic carbocycles. The number of halogens is 8. The molecule has 13 heteroatoms. The van der Waals surface area contributed by atoms with E-state index in [2.05, 4.69) is 9.72 Å². The van der Waals surface area contributed by atoms with Gasteiger partial charge in [0.1, 0.15) is 6.61 Å². The van der Waals surface area contributed by atoms with Crippen LogP contribution in [-0.2, 0) is 10.2 Å². The summed E-state index contributed by atoms with van der Waals surface area (Å²) >= 11 is 0. The highest BCUT2D eigenvalue weighted by Crippen LogP contribution is 2.46. The van der Waals surface area contributed by atoms with E-state index >= 15 is 0 Å². The number of nitrogens with zero attached hydrogens (tertiary/aromatic N) is 1. The van der Waals surface area contributed by atoms with Crippen LogP contribution in [-0.4, -0.2) is 47.1 Å². The summed E-state index contributed by atoms with van der Waals surface area (Å²) in [6, 6.07) is 2.69. The van der Waals surface area contributed by atoms with Gasteiger partial charge in [0, 0.05) is 18.1 Å². The number of ketones is 1. The molecule has 164 valence electrons. The van der Waals surface area contributed by atoms with Gasteiger partial charge in [-0.05, 0) is 30.7 Å². The van der Waals surface area contributed by atoms with Crippen molar-refractivity contribution in [2.24, 2.45) is 0 Å². The average molecular weight is 444 g/mol. The molecule has 0 saturated carbocycles. The number of rotatable bonds is 6. The number of nitrogens with one attached hydrogen (secondary N) is 1. The Labute approximate surface area is 163 Å². The van der Waals surface area contributed by atoms with Crippen LogP contribution in [0.4, 0.5) is 35.1 Å². The van der Waals surface area contributed by atoms with Crippen molar-refractivity contribution in [3.05, 3.63) is 53.1 Å². The van der Waals surface area contributed by atoms with E-state index in [1.165, 1.54) is 17.2 Å². The Morgan fingerprint density at radius 3 is 2.27 bits per heavy atom. The monoisotopic (exact) mass is 444 g/mol. The van der Waals surface area contributed by atoms with Gasteiger partial charge in [-0.1, -0.05) is 0 Å². The fourth-order valence-electron chi connectivity index (χ4n) is 2.54. The van der Waals surface area contributed by atoms with Crippen LogP contribution >= 0.6 is 0 Å². The molecule has 0 amide bonds. The lowest BCUT2D eigenvalue weighted by molar-refractivity contribution is -0.237. The molecule has 1 unspecified atom stereocenters. The van der Waals surface area contributed by atoms with Crippen LogP contribution in [0.5, 0.6) is 0 Å². The molecule has 0 aliphatic rings. The van der Waals surface area contributed by atoms with E-state index in [1.807, 2.05) is 0 Å². The summed E-state index contributed by atoms with van der Waals surface area (Å²) in [6.07, 6.45) is -13.3. The van der Waals surface area contributed by atoms with Crippen molar-refractivity contribution in [1.29, 1.82) is 0 Å². The fraction of sp³-hybridized carbons (Fsp3) is 0.353. The Morgan fingerprint density at radius 1 is 1.17 bits per heavy atom. The van der Waals surface area contributed by atoms with Crippen molar-refractivity contribution in [2.75, 3.05) is 6.61 Å². The smallest absolute Gasteiger partial charge is 0.456 e. The molecule has 0 aliphatic carbocycles. The van der Waals surface area contributed by atoms with Crippen LogP contribution in [0.25, 0.3) is 0 Å². The van der Waals surface area contributed by atoms with Gasteiger partial charge in [0.05, 0.1) is 11.3 Å². The third-order valence-electron chi connectivity index (χ3n) is 4.19. The number of esters is 1. The Hall–Kier alpha value is -2.99. The van der Waals surface area contributed by atoms with Gasteiger partial charge in [0.25, 0.3) is 12.2 Å². The second-order valence-corrected chi connectivity index (χ2v) is 6.16. The number of hydrogen-bond acceptors (Lipinski definition) is 4. The number of pyridine rings is 1. The fourth-order valence-corrected chi connectivity index (χ4v) is 2.54. The third-order valence-corrected chi connectivity index (χ3v) is 4.19. The molecule has 1 N–H and O–H groups in total. The van der Waals surface area contributed by atoms with Crippen LogP contribution in [0.2, 0.25) is 0 Å². The molecule has 0 bridgehead atoms. The topological polar surface area (TPSA) is 72.0 Å². The first-order valence-corrected chi connectivity index (χ1v) is 7.95. The van der Waals surface area contributed by atoms with E-state index in [0.717, 1.165) is 19.2 Å². The minimum Gasteiger partial charge on any atom is -0.460 e. The van der Waals surface area contributed by atoms with Gasteiger partial charge in [-0.25, -0.2) is 13.6 Å². The molecule has 0 fully saturated rings. The zero-order valence-electron chi connectivity index (χ0n) is 14.9. The van der Waals surface area contributed by atoms with Gasteiger partial charge in [0.2, 0.25) is 0 Å². The quantitative estimate of drug-likeness (QED) is 0.408. The molecule has 30 heavy (non-hydrogen) atoms. The Morgan fingerprint density at radius 2 is 1.80 bits per heavy atom. The molecule has 2 rings (SSSR count). The van der Waals surface area contributed by atoms with Crippen molar-refractivity contribution < 1.29 is 49.4 Å². The lowest BCUT2D eigenvalue weighted by Gasteiger charge is -2.33. The SMILES string of the molecule is Cc1cc(C(COC(=O)c2cccnc2)(C(F)F)C(F)(F)F)[nH]c1C(=O)C(F)(F)F. The zero-order valence-corrected chi connectivity index (χ0v) is 14.9. The molecule has 2 aromatic rings. The summed E-state index contributed by atoms with van der Waals surface area (Å²) in [4.78, 5) is 28.3. The summed E-state index contributed by atoms with van der Waals surface area (Å²) < 4.78 is 111. The molecule has 0 radical (unpaired) electrons. The zero-order chi connectivity index (χ0) is 22.9. The second-order valence-electron chi connectivity index (χ2n) is 6.16. The van der Waals surface area contributed by atoms with E-state index < -0.39 is 59.5 Å². The predicted octanol–water partition coefficient (Wildman–Crippen LogP) is 4.39. The molecule has 2 aromatic heterocycles. The van der Waals surface area contributed by atoms with Crippen LogP contribution in [0.15, 0.2) is 30.6 Å². The number of aromatic amines is 1. The number of Topliss-reactive ketones (excluding diaryl/α,β-unsaturated/α-hetero) is 1. The standard InChI is InChI=1S/C17H12F8N2O3/c1-8-5-10(27-11(8)12(28)16(20,21)22)15(14(18)19,17(23,24)25)7-30-13(29)9-3-2-4-26-6-9/h2-6,14,27H,7H2,1H3. The molecular formula is C17H12F8N2O3. The minimum atomic E-state index is -5.77. The van der Waals surface area contributed by atoms with E-state index in [4.69, 9.17) is 0 Å². The lowest BCUT2D eigenvalue weighted by atomic mass is 9.84. The average Bonchev–Trinajstić information content (AvgIpc) is 3.01. The van der Waals surface area contributed by atoms with Crippen molar-refractivity contribution in [3.63, 3.8) is 0 Å². The van der Waals surface area contributed by atoms with E-state index in [0.29, 0.717) is 6.07 Å². The number of carbonyl (C=O) groups is 2. The lowest BCUT2D eigenvalue weighted by Crippen LogP contribution is -2.52. The Balaban J connectivity index is 2.51. The first-order valence-electron chi connectivity index (χ1n) is 7.95.